The van der Waals surface area contributed by atoms with E-state index < -0.39 is 0 Å². The average molecular weight is 473 g/mol. The van der Waals surface area contributed by atoms with Crippen molar-refractivity contribution in [2.45, 2.75) is 18.6 Å². The number of hydrogen-bond acceptors (Lipinski definition) is 5. The van der Waals surface area contributed by atoms with Crippen LogP contribution in [0.1, 0.15) is 5.56 Å². The molecule has 0 bridgehead atoms. The van der Waals surface area contributed by atoms with Gasteiger partial charge in [0.25, 0.3) is 0 Å². The first-order valence-electron chi connectivity index (χ1n) is 9.37. The van der Waals surface area contributed by atoms with E-state index in [1.165, 1.54) is 11.8 Å². The van der Waals surface area contributed by atoms with Gasteiger partial charge in [-0.15, -0.1) is 16.8 Å². The van der Waals surface area contributed by atoms with Gasteiger partial charge in [-0.25, -0.2) is 0 Å². The van der Waals surface area contributed by atoms with Crippen molar-refractivity contribution in [3.05, 3.63) is 70.7 Å². The average Bonchev–Trinajstić information content (AvgIpc) is 3.33. The Kier molecular flexibility index (Phi) is 6.36. The van der Waals surface area contributed by atoms with E-state index >= 15 is 0 Å². The molecule has 0 saturated heterocycles. The summed E-state index contributed by atoms with van der Waals surface area (Å²) < 4.78 is 7.78. The fourth-order valence-corrected chi connectivity index (χ4v) is 4.14. The highest BCUT2D eigenvalue weighted by Crippen LogP contribution is 2.31. The van der Waals surface area contributed by atoms with Crippen LogP contribution in [0.4, 0.5) is 5.69 Å². The van der Waals surface area contributed by atoms with Gasteiger partial charge < -0.3 is 9.73 Å². The number of carbonyl (C=O) groups is 1. The topological polar surface area (TPSA) is 73.0 Å². The van der Waals surface area contributed by atoms with Crippen LogP contribution in [0.25, 0.3) is 22.6 Å². The molecule has 1 amide bonds. The molecule has 0 aliphatic carbocycles. The molecule has 0 spiro atoms. The number of thioether (sulfide) groups is 1. The number of aromatic nitrogens is 3. The zero-order valence-electron chi connectivity index (χ0n) is 16.6. The van der Waals surface area contributed by atoms with Crippen LogP contribution >= 0.6 is 35.0 Å². The summed E-state index contributed by atoms with van der Waals surface area (Å²) in [6, 6.07) is 12.7. The number of nitrogens with zero attached hydrogens (tertiary/aromatic N) is 3. The number of carbonyl (C=O) groups excluding carboxylic acids is 1. The number of allylic oxidation sites excluding steroid dienone is 1. The summed E-state index contributed by atoms with van der Waals surface area (Å²) in [5.74, 6) is 1.12. The Bertz CT molecular complexity index is 1280. The van der Waals surface area contributed by atoms with Gasteiger partial charge in [-0.1, -0.05) is 47.1 Å². The fourth-order valence-electron chi connectivity index (χ4n) is 3.04. The van der Waals surface area contributed by atoms with Crippen molar-refractivity contribution in [1.82, 2.24) is 14.8 Å². The molecule has 0 aliphatic rings. The first-order chi connectivity index (χ1) is 14.9. The number of hydrogen-bond donors (Lipinski definition) is 1. The van der Waals surface area contributed by atoms with E-state index in [0.717, 1.165) is 10.9 Å². The third-order valence-electron chi connectivity index (χ3n) is 4.53. The summed E-state index contributed by atoms with van der Waals surface area (Å²) in [6.45, 7) is 6.19. The maximum Gasteiger partial charge on any atom is 0.234 e. The molecule has 6 nitrogen and oxygen atoms in total. The lowest BCUT2D eigenvalue weighted by Gasteiger charge is -2.09. The molecule has 2 aromatic carbocycles. The van der Waals surface area contributed by atoms with Crippen molar-refractivity contribution < 1.29 is 9.21 Å². The summed E-state index contributed by atoms with van der Waals surface area (Å²) in [5, 5.41) is 14.1. The van der Waals surface area contributed by atoms with Crippen molar-refractivity contribution in [1.29, 1.82) is 0 Å². The number of fused-ring (bicyclic) bond motifs is 1. The second-order valence-electron chi connectivity index (χ2n) is 6.79. The molecule has 1 N–H and O–H groups in total. The zero-order valence-corrected chi connectivity index (χ0v) is 18.9. The van der Waals surface area contributed by atoms with E-state index in [9.17, 15) is 4.79 Å². The number of nitrogens with one attached hydrogen (secondary N) is 1. The molecule has 0 atom stereocenters. The first kappa shape index (κ1) is 21.5. The largest absolute Gasteiger partial charge is 0.453 e. The van der Waals surface area contributed by atoms with Gasteiger partial charge in [-0.05, 0) is 48.9 Å². The number of aryl methyl sites for hydroxylation is 1. The number of furan rings is 1. The van der Waals surface area contributed by atoms with Crippen LogP contribution in [-0.2, 0) is 11.3 Å². The normalized spacial score (nSPS) is 11.1. The molecule has 2 aromatic heterocycles. The predicted octanol–water partition coefficient (Wildman–Crippen LogP) is 6.22. The highest BCUT2D eigenvalue weighted by Gasteiger charge is 2.18. The third kappa shape index (κ3) is 4.79. The van der Waals surface area contributed by atoms with Crippen LogP contribution in [-0.4, -0.2) is 26.4 Å². The van der Waals surface area contributed by atoms with Crippen LogP contribution in [0.3, 0.4) is 0 Å². The standard InChI is InChI=1S/C22H18Cl2N4O2S/c1-3-8-28-21(19-10-14-9-15(23)6-7-18(14)30-19)26-27-22(28)31-12-20(29)25-17-11-16(24)5-4-13(17)2/h3-7,9-11H,1,8,12H2,2H3,(H,25,29). The summed E-state index contributed by atoms with van der Waals surface area (Å²) >= 11 is 13.4. The molecular weight excluding hydrogens is 455 g/mol. The lowest BCUT2D eigenvalue weighted by atomic mass is 10.2. The van der Waals surface area contributed by atoms with Crippen molar-refractivity contribution in [3.8, 4) is 11.6 Å². The van der Waals surface area contributed by atoms with E-state index in [-0.39, 0.29) is 11.7 Å². The molecule has 2 heterocycles. The zero-order chi connectivity index (χ0) is 22.0. The van der Waals surface area contributed by atoms with Crippen molar-refractivity contribution in [3.63, 3.8) is 0 Å². The maximum atomic E-state index is 12.5. The Balaban J connectivity index is 1.53. The lowest BCUT2D eigenvalue weighted by molar-refractivity contribution is -0.113. The van der Waals surface area contributed by atoms with Gasteiger partial charge in [0.2, 0.25) is 11.7 Å². The minimum atomic E-state index is -0.163. The molecule has 0 saturated carbocycles. The number of amides is 1. The Labute approximate surface area is 193 Å². The van der Waals surface area contributed by atoms with Gasteiger partial charge in [0.15, 0.2) is 10.9 Å². The Morgan fingerprint density at radius 3 is 2.77 bits per heavy atom. The molecule has 0 unspecified atom stereocenters. The second kappa shape index (κ2) is 9.18. The number of anilines is 1. The molecule has 4 aromatic rings. The van der Waals surface area contributed by atoms with Crippen LogP contribution in [0.15, 0.2) is 64.7 Å². The van der Waals surface area contributed by atoms with Crippen molar-refractivity contribution in [2.75, 3.05) is 11.1 Å². The SMILES string of the molecule is C=CCn1c(SCC(=O)Nc2cc(Cl)ccc2C)nnc1-c1cc2cc(Cl)ccc2o1. The van der Waals surface area contributed by atoms with Gasteiger partial charge in [-0.3, -0.25) is 9.36 Å². The van der Waals surface area contributed by atoms with E-state index in [4.69, 9.17) is 27.6 Å². The van der Waals surface area contributed by atoms with E-state index in [1.807, 2.05) is 35.8 Å². The van der Waals surface area contributed by atoms with Crippen molar-refractivity contribution in [2.24, 2.45) is 0 Å². The van der Waals surface area contributed by atoms with Gasteiger partial charge >= 0.3 is 0 Å². The summed E-state index contributed by atoms with van der Waals surface area (Å²) in [6.07, 6.45) is 1.74. The molecule has 4 rings (SSSR count). The van der Waals surface area contributed by atoms with Gasteiger partial charge in [0.05, 0.1) is 5.75 Å². The molecule has 0 aliphatic heterocycles. The molecule has 31 heavy (non-hydrogen) atoms. The summed E-state index contributed by atoms with van der Waals surface area (Å²) in [4.78, 5) is 12.5. The Morgan fingerprint density at radius 1 is 1.19 bits per heavy atom. The number of halogens is 2. The highest BCUT2D eigenvalue weighted by atomic mass is 35.5. The molecule has 9 heteroatoms. The van der Waals surface area contributed by atoms with Gasteiger partial charge in [-0.2, -0.15) is 0 Å². The Morgan fingerprint density at radius 2 is 1.97 bits per heavy atom. The number of benzene rings is 2. The van der Waals surface area contributed by atoms with Gasteiger partial charge in [0, 0.05) is 27.7 Å². The van der Waals surface area contributed by atoms with Crippen LogP contribution in [0, 0.1) is 6.92 Å². The smallest absolute Gasteiger partial charge is 0.234 e. The monoisotopic (exact) mass is 472 g/mol. The minimum absolute atomic E-state index is 0.163. The second-order valence-corrected chi connectivity index (χ2v) is 8.61. The number of rotatable bonds is 7. The maximum absolute atomic E-state index is 12.5. The van der Waals surface area contributed by atoms with Crippen molar-refractivity contribution >= 4 is 57.5 Å². The fraction of sp³-hybridized carbons (Fsp3) is 0.136. The highest BCUT2D eigenvalue weighted by molar-refractivity contribution is 7.99. The first-order valence-corrected chi connectivity index (χ1v) is 11.1. The van der Waals surface area contributed by atoms with E-state index in [2.05, 4.69) is 22.1 Å². The van der Waals surface area contributed by atoms with Crippen LogP contribution < -0.4 is 5.32 Å². The lowest BCUT2D eigenvalue weighted by Crippen LogP contribution is -2.15. The Hall–Kier alpha value is -2.74. The third-order valence-corrected chi connectivity index (χ3v) is 5.97. The summed E-state index contributed by atoms with van der Waals surface area (Å²) in [7, 11) is 0. The van der Waals surface area contributed by atoms with Gasteiger partial charge in [0.1, 0.15) is 5.58 Å². The van der Waals surface area contributed by atoms with E-state index in [0.29, 0.717) is 44.6 Å². The van der Waals surface area contributed by atoms with Crippen LogP contribution in [0.2, 0.25) is 10.0 Å². The van der Waals surface area contributed by atoms with E-state index in [1.54, 1.807) is 24.3 Å². The molecular formula is C22H18Cl2N4O2S. The quantitative estimate of drug-likeness (QED) is 0.255. The molecule has 0 radical (unpaired) electrons. The molecule has 158 valence electrons. The molecule has 0 fully saturated rings. The predicted molar refractivity (Wildman–Crippen MR) is 126 cm³/mol. The minimum Gasteiger partial charge on any atom is -0.453 e. The summed E-state index contributed by atoms with van der Waals surface area (Å²) in [5.41, 5.74) is 2.33. The van der Waals surface area contributed by atoms with Crippen LogP contribution in [0.5, 0.6) is 0 Å².